The SMILES string of the molecule is Cc1c(-c2ccc(C(F)(F)F)cc2)nnc(N2CCN(c3cnc(C(=O)N(c4ccccc4)C(C)C)cn3)[C@H](C)C2)c1C. The van der Waals surface area contributed by atoms with Gasteiger partial charge in [0.15, 0.2) is 5.82 Å². The lowest BCUT2D eigenvalue weighted by Gasteiger charge is -2.41. The van der Waals surface area contributed by atoms with E-state index in [0.717, 1.165) is 34.8 Å². The third-order valence-corrected chi connectivity index (χ3v) is 7.83. The molecule has 0 N–H and O–H groups in total. The summed E-state index contributed by atoms with van der Waals surface area (Å²) in [7, 11) is 0. The van der Waals surface area contributed by atoms with Crippen LogP contribution in [-0.2, 0) is 6.18 Å². The van der Waals surface area contributed by atoms with Crippen LogP contribution < -0.4 is 14.7 Å². The first-order valence-electron chi connectivity index (χ1n) is 14.2. The van der Waals surface area contributed by atoms with E-state index < -0.39 is 11.7 Å². The van der Waals surface area contributed by atoms with Crippen LogP contribution in [0, 0.1) is 13.8 Å². The lowest BCUT2D eigenvalue weighted by molar-refractivity contribution is -0.137. The highest BCUT2D eigenvalue weighted by atomic mass is 19.4. The van der Waals surface area contributed by atoms with Crippen LogP contribution in [0.25, 0.3) is 11.3 Å². The van der Waals surface area contributed by atoms with Crippen LogP contribution in [-0.4, -0.2) is 57.8 Å². The molecule has 1 atom stereocenters. The fraction of sp³-hybridized carbons (Fsp3) is 0.344. The topological polar surface area (TPSA) is 78.4 Å². The zero-order chi connectivity index (χ0) is 30.9. The molecule has 2 aromatic heterocycles. The second kappa shape index (κ2) is 12.0. The van der Waals surface area contributed by atoms with Crippen molar-refractivity contribution < 1.29 is 18.0 Å². The van der Waals surface area contributed by atoms with Crippen molar-refractivity contribution in [3.63, 3.8) is 0 Å². The Morgan fingerprint density at radius 2 is 1.63 bits per heavy atom. The van der Waals surface area contributed by atoms with E-state index in [1.54, 1.807) is 11.1 Å². The molecule has 224 valence electrons. The molecule has 11 heteroatoms. The second-order valence-corrected chi connectivity index (χ2v) is 11.1. The maximum atomic E-state index is 13.3. The molecule has 1 fully saturated rings. The number of halogens is 3. The third-order valence-electron chi connectivity index (χ3n) is 7.83. The number of alkyl halides is 3. The Morgan fingerprint density at radius 3 is 2.21 bits per heavy atom. The molecule has 0 bridgehead atoms. The number of para-hydroxylation sites is 1. The zero-order valence-corrected chi connectivity index (χ0v) is 24.8. The third kappa shape index (κ3) is 6.16. The van der Waals surface area contributed by atoms with E-state index in [-0.39, 0.29) is 23.7 Å². The van der Waals surface area contributed by atoms with Crippen LogP contribution in [0.3, 0.4) is 0 Å². The minimum Gasteiger partial charge on any atom is -0.351 e. The van der Waals surface area contributed by atoms with Crippen LogP contribution in [0.1, 0.15) is 48.0 Å². The average Bonchev–Trinajstić information content (AvgIpc) is 2.99. The molecule has 1 aliphatic heterocycles. The average molecular weight is 590 g/mol. The van der Waals surface area contributed by atoms with E-state index in [4.69, 9.17) is 0 Å². The van der Waals surface area contributed by atoms with E-state index in [2.05, 4.69) is 36.9 Å². The van der Waals surface area contributed by atoms with Crippen molar-refractivity contribution in [2.24, 2.45) is 0 Å². The molecule has 3 heterocycles. The summed E-state index contributed by atoms with van der Waals surface area (Å²) in [6.07, 6.45) is -1.20. The van der Waals surface area contributed by atoms with Crippen molar-refractivity contribution in [2.75, 3.05) is 34.3 Å². The molecule has 0 saturated carbocycles. The molecule has 1 aliphatic rings. The second-order valence-electron chi connectivity index (χ2n) is 11.1. The molecule has 4 aromatic rings. The number of rotatable bonds is 6. The van der Waals surface area contributed by atoms with Crippen molar-refractivity contribution in [2.45, 2.75) is 52.9 Å². The number of hydrogen-bond donors (Lipinski definition) is 0. The van der Waals surface area contributed by atoms with Gasteiger partial charge < -0.3 is 14.7 Å². The first kappa shape index (κ1) is 29.9. The Balaban J connectivity index is 1.28. The molecule has 0 aliphatic carbocycles. The molecule has 5 rings (SSSR count). The Kier molecular flexibility index (Phi) is 8.34. The predicted molar refractivity (Wildman–Crippen MR) is 161 cm³/mol. The van der Waals surface area contributed by atoms with Crippen LogP contribution in [0.5, 0.6) is 0 Å². The van der Waals surface area contributed by atoms with E-state index in [9.17, 15) is 18.0 Å². The summed E-state index contributed by atoms with van der Waals surface area (Å²) >= 11 is 0. The van der Waals surface area contributed by atoms with Gasteiger partial charge in [-0.05, 0) is 70.0 Å². The molecule has 0 spiro atoms. The summed E-state index contributed by atoms with van der Waals surface area (Å²) < 4.78 is 39.0. The number of hydrogen-bond acceptors (Lipinski definition) is 7. The Labute approximate surface area is 249 Å². The predicted octanol–water partition coefficient (Wildman–Crippen LogP) is 6.34. The van der Waals surface area contributed by atoms with Crippen molar-refractivity contribution >= 4 is 23.2 Å². The van der Waals surface area contributed by atoms with E-state index in [1.807, 2.05) is 58.0 Å². The van der Waals surface area contributed by atoms with Crippen molar-refractivity contribution in [1.82, 2.24) is 20.2 Å². The van der Waals surface area contributed by atoms with Gasteiger partial charge in [-0.3, -0.25) is 4.79 Å². The fourth-order valence-electron chi connectivity index (χ4n) is 5.42. The summed E-state index contributed by atoms with van der Waals surface area (Å²) in [4.78, 5) is 28.4. The number of piperazine rings is 1. The van der Waals surface area contributed by atoms with Gasteiger partial charge in [0.05, 0.1) is 23.7 Å². The molecule has 0 unspecified atom stereocenters. The molecule has 1 amide bonds. The van der Waals surface area contributed by atoms with Gasteiger partial charge in [0.1, 0.15) is 11.5 Å². The minimum absolute atomic E-state index is 0.0522. The quantitative estimate of drug-likeness (QED) is 0.260. The number of benzene rings is 2. The monoisotopic (exact) mass is 589 g/mol. The van der Waals surface area contributed by atoms with Gasteiger partial charge in [-0.2, -0.15) is 13.2 Å². The number of aromatic nitrogens is 4. The van der Waals surface area contributed by atoms with Crippen LogP contribution in [0.15, 0.2) is 67.0 Å². The maximum absolute atomic E-state index is 13.3. The Bertz CT molecular complexity index is 1580. The highest BCUT2D eigenvalue weighted by Gasteiger charge is 2.31. The van der Waals surface area contributed by atoms with E-state index in [0.29, 0.717) is 36.7 Å². The highest BCUT2D eigenvalue weighted by molar-refractivity contribution is 6.05. The van der Waals surface area contributed by atoms with Crippen LogP contribution >= 0.6 is 0 Å². The molecule has 2 aromatic carbocycles. The number of amides is 1. The first-order valence-corrected chi connectivity index (χ1v) is 14.2. The van der Waals surface area contributed by atoms with Gasteiger partial charge in [0, 0.05) is 43.0 Å². The number of anilines is 3. The maximum Gasteiger partial charge on any atom is 0.416 e. The summed E-state index contributed by atoms with van der Waals surface area (Å²) in [5.74, 6) is 1.24. The smallest absolute Gasteiger partial charge is 0.351 e. The minimum atomic E-state index is -4.39. The first-order chi connectivity index (χ1) is 20.5. The highest BCUT2D eigenvalue weighted by Crippen LogP contribution is 2.33. The fourth-order valence-corrected chi connectivity index (χ4v) is 5.42. The van der Waals surface area contributed by atoms with Gasteiger partial charge in [0.2, 0.25) is 0 Å². The van der Waals surface area contributed by atoms with Gasteiger partial charge >= 0.3 is 6.18 Å². The normalized spacial score (nSPS) is 15.6. The summed E-state index contributed by atoms with van der Waals surface area (Å²) in [5.41, 5.74) is 3.35. The number of carbonyl (C=O) groups excluding carboxylic acids is 1. The summed E-state index contributed by atoms with van der Waals surface area (Å²) in [6, 6.07) is 14.5. The van der Waals surface area contributed by atoms with Gasteiger partial charge in [-0.1, -0.05) is 30.3 Å². The largest absolute Gasteiger partial charge is 0.416 e. The molecule has 43 heavy (non-hydrogen) atoms. The van der Waals surface area contributed by atoms with Crippen LogP contribution in [0.2, 0.25) is 0 Å². The van der Waals surface area contributed by atoms with Crippen molar-refractivity contribution in [3.8, 4) is 11.3 Å². The lowest BCUT2D eigenvalue weighted by atomic mass is 10.0. The molecular formula is C32H34F3N7O. The van der Waals surface area contributed by atoms with Gasteiger partial charge in [0.25, 0.3) is 5.91 Å². The van der Waals surface area contributed by atoms with E-state index in [1.165, 1.54) is 18.3 Å². The lowest BCUT2D eigenvalue weighted by Crippen LogP contribution is -2.53. The summed E-state index contributed by atoms with van der Waals surface area (Å²) in [5, 5.41) is 8.90. The zero-order valence-electron chi connectivity index (χ0n) is 24.8. The number of nitrogens with zero attached hydrogens (tertiary/aromatic N) is 7. The molecule has 0 radical (unpaired) electrons. The van der Waals surface area contributed by atoms with Crippen LogP contribution in [0.4, 0.5) is 30.5 Å². The Hall–Kier alpha value is -4.54. The van der Waals surface area contributed by atoms with Crippen molar-refractivity contribution in [1.29, 1.82) is 0 Å². The molecule has 8 nitrogen and oxygen atoms in total. The van der Waals surface area contributed by atoms with Crippen molar-refractivity contribution in [3.05, 3.63) is 89.4 Å². The standard InChI is InChI=1S/C32H34F3N7O/c1-20(2)42(26-9-7-6-8-10-26)31(43)27-17-37-28(18-36-27)41-16-15-40(19-21(41)3)30-23(5)22(4)29(38-39-30)24-11-13-25(14-12-24)32(33,34)35/h6-14,17-18,20-21H,15-16,19H2,1-5H3/t21-/m1/s1. The van der Waals surface area contributed by atoms with Gasteiger partial charge in [-0.25, -0.2) is 9.97 Å². The number of carbonyl (C=O) groups is 1. The Morgan fingerprint density at radius 1 is 0.930 bits per heavy atom. The van der Waals surface area contributed by atoms with E-state index >= 15 is 0 Å². The summed E-state index contributed by atoms with van der Waals surface area (Å²) in [6.45, 7) is 11.9. The molecule has 1 saturated heterocycles. The van der Waals surface area contributed by atoms with Gasteiger partial charge in [-0.15, -0.1) is 10.2 Å². The molecular weight excluding hydrogens is 555 g/mol.